The Morgan fingerprint density at radius 1 is 1.38 bits per heavy atom. The summed E-state index contributed by atoms with van der Waals surface area (Å²) in [5, 5.41) is 0. The normalized spacial score (nSPS) is 15.2. The van der Waals surface area contributed by atoms with Gasteiger partial charge in [-0.15, -0.1) is 0 Å². The first-order valence-electron chi connectivity index (χ1n) is 3.84. The lowest BCUT2D eigenvalue weighted by Crippen LogP contribution is -2.31. The lowest BCUT2D eigenvalue weighted by atomic mass is 10.4. The largest absolute Gasteiger partial charge is 0.464 e. The first kappa shape index (κ1) is 9.57. The van der Waals surface area contributed by atoms with Crippen LogP contribution in [0, 0.1) is 0 Å². The molecule has 0 N–H and O–H groups in total. The van der Waals surface area contributed by atoms with Crippen LogP contribution in [0.2, 0.25) is 0 Å². The van der Waals surface area contributed by atoms with Gasteiger partial charge in [-0.25, -0.2) is 9.59 Å². The molecule has 0 saturated carbocycles. The van der Waals surface area contributed by atoms with Gasteiger partial charge in [0, 0.05) is 6.54 Å². The molecule has 5 heteroatoms. The van der Waals surface area contributed by atoms with Crippen LogP contribution in [0.15, 0.2) is 11.8 Å². The molecular formula is C8H11NO4. The third kappa shape index (κ3) is 1.80. The smallest absolute Gasteiger partial charge is 0.414 e. The van der Waals surface area contributed by atoms with Crippen LogP contribution in [0.1, 0.15) is 6.42 Å². The Kier molecular flexibility index (Phi) is 2.89. The molecule has 1 aliphatic heterocycles. The number of rotatable bonds is 1. The fourth-order valence-electron chi connectivity index (χ4n) is 1.16. The summed E-state index contributed by atoms with van der Waals surface area (Å²) in [6.45, 7) is 0.469. The van der Waals surface area contributed by atoms with Crippen molar-refractivity contribution in [1.82, 2.24) is 4.90 Å². The first-order valence-corrected chi connectivity index (χ1v) is 3.84. The van der Waals surface area contributed by atoms with E-state index in [0.29, 0.717) is 13.0 Å². The van der Waals surface area contributed by atoms with Crippen molar-refractivity contribution in [2.45, 2.75) is 6.42 Å². The van der Waals surface area contributed by atoms with E-state index in [1.54, 1.807) is 6.08 Å². The number of ether oxygens (including phenoxy) is 2. The van der Waals surface area contributed by atoms with E-state index in [1.807, 2.05) is 0 Å². The number of carbonyl (C=O) groups is 2. The molecule has 1 heterocycles. The van der Waals surface area contributed by atoms with E-state index in [0.717, 1.165) is 0 Å². The van der Waals surface area contributed by atoms with Gasteiger partial charge in [0.15, 0.2) is 0 Å². The summed E-state index contributed by atoms with van der Waals surface area (Å²) in [7, 11) is 2.55. The monoisotopic (exact) mass is 185 g/mol. The zero-order valence-electron chi connectivity index (χ0n) is 7.57. The van der Waals surface area contributed by atoms with Crippen molar-refractivity contribution in [2.75, 3.05) is 20.8 Å². The Balaban J connectivity index is 2.73. The van der Waals surface area contributed by atoms with Crippen LogP contribution in [0.5, 0.6) is 0 Å². The summed E-state index contributed by atoms with van der Waals surface area (Å²) >= 11 is 0. The zero-order valence-corrected chi connectivity index (χ0v) is 7.57. The fourth-order valence-corrected chi connectivity index (χ4v) is 1.16. The molecule has 0 aromatic carbocycles. The van der Waals surface area contributed by atoms with Gasteiger partial charge < -0.3 is 9.47 Å². The lowest BCUT2D eigenvalue weighted by molar-refractivity contribution is -0.137. The quantitative estimate of drug-likeness (QED) is 0.559. The standard InChI is InChI=1S/C8H11NO4/c1-12-7(10)6-4-3-5-9(6)8(11)13-2/h4H,3,5H2,1-2H3. The lowest BCUT2D eigenvalue weighted by Gasteiger charge is -2.16. The molecule has 13 heavy (non-hydrogen) atoms. The van der Waals surface area contributed by atoms with E-state index in [4.69, 9.17) is 0 Å². The van der Waals surface area contributed by atoms with Crippen molar-refractivity contribution in [1.29, 1.82) is 0 Å². The number of esters is 1. The molecule has 0 bridgehead atoms. The summed E-state index contributed by atoms with van der Waals surface area (Å²) in [4.78, 5) is 23.5. The average molecular weight is 185 g/mol. The number of amides is 1. The van der Waals surface area contributed by atoms with Crippen LogP contribution in [-0.4, -0.2) is 37.7 Å². The van der Waals surface area contributed by atoms with E-state index in [9.17, 15) is 9.59 Å². The number of carbonyl (C=O) groups excluding carboxylic acids is 2. The minimum Gasteiger partial charge on any atom is -0.464 e. The second kappa shape index (κ2) is 3.93. The van der Waals surface area contributed by atoms with Gasteiger partial charge in [0.1, 0.15) is 5.70 Å². The van der Waals surface area contributed by atoms with E-state index in [-0.39, 0.29) is 5.70 Å². The minimum atomic E-state index is -0.533. The third-order valence-electron chi connectivity index (χ3n) is 1.77. The molecule has 1 aliphatic rings. The second-order valence-electron chi connectivity index (χ2n) is 2.49. The van der Waals surface area contributed by atoms with Gasteiger partial charge in [-0.1, -0.05) is 6.08 Å². The molecule has 72 valence electrons. The zero-order chi connectivity index (χ0) is 9.84. The fraction of sp³-hybridized carbons (Fsp3) is 0.500. The SMILES string of the molecule is COC(=O)C1=CCCN1C(=O)OC. The molecule has 0 aromatic heterocycles. The Morgan fingerprint density at radius 2 is 2.08 bits per heavy atom. The molecule has 1 amide bonds. The molecule has 0 aromatic rings. The molecular weight excluding hydrogens is 174 g/mol. The number of hydrogen-bond acceptors (Lipinski definition) is 4. The van der Waals surface area contributed by atoms with Crippen molar-refractivity contribution in [3.63, 3.8) is 0 Å². The van der Waals surface area contributed by atoms with Gasteiger partial charge in [-0.2, -0.15) is 0 Å². The van der Waals surface area contributed by atoms with Crippen LogP contribution in [-0.2, 0) is 14.3 Å². The topological polar surface area (TPSA) is 55.8 Å². The number of hydrogen-bond donors (Lipinski definition) is 0. The molecule has 0 spiro atoms. The van der Waals surface area contributed by atoms with Crippen molar-refractivity contribution < 1.29 is 19.1 Å². The van der Waals surface area contributed by atoms with Crippen molar-refractivity contribution in [3.05, 3.63) is 11.8 Å². The van der Waals surface area contributed by atoms with Crippen LogP contribution < -0.4 is 0 Å². The predicted octanol–water partition coefficient (Wildman–Crippen LogP) is 0.515. The van der Waals surface area contributed by atoms with Gasteiger partial charge in [-0.05, 0) is 6.42 Å². The van der Waals surface area contributed by atoms with Gasteiger partial charge >= 0.3 is 12.1 Å². The predicted molar refractivity (Wildman–Crippen MR) is 43.8 cm³/mol. The van der Waals surface area contributed by atoms with E-state index in [2.05, 4.69) is 9.47 Å². The van der Waals surface area contributed by atoms with Crippen LogP contribution in [0.25, 0.3) is 0 Å². The van der Waals surface area contributed by atoms with Gasteiger partial charge in [-0.3, -0.25) is 4.90 Å². The van der Waals surface area contributed by atoms with E-state index < -0.39 is 12.1 Å². The second-order valence-corrected chi connectivity index (χ2v) is 2.49. The molecule has 0 aliphatic carbocycles. The molecule has 0 radical (unpaired) electrons. The van der Waals surface area contributed by atoms with E-state index in [1.165, 1.54) is 19.1 Å². The molecule has 0 atom stereocenters. The maximum atomic E-state index is 11.1. The third-order valence-corrected chi connectivity index (χ3v) is 1.77. The minimum absolute atomic E-state index is 0.259. The molecule has 0 saturated heterocycles. The van der Waals surface area contributed by atoms with Gasteiger partial charge in [0.05, 0.1) is 14.2 Å². The highest BCUT2D eigenvalue weighted by molar-refractivity contribution is 5.92. The van der Waals surface area contributed by atoms with Crippen LogP contribution >= 0.6 is 0 Å². The molecule has 1 rings (SSSR count). The molecule has 0 unspecified atom stereocenters. The Bertz CT molecular complexity index is 259. The van der Waals surface area contributed by atoms with Crippen LogP contribution in [0.4, 0.5) is 4.79 Å². The van der Waals surface area contributed by atoms with Crippen molar-refractivity contribution in [2.24, 2.45) is 0 Å². The summed E-state index contributed by atoms with van der Waals surface area (Å²) in [6, 6.07) is 0. The maximum Gasteiger partial charge on any atom is 0.414 e. The number of methoxy groups -OCH3 is 2. The van der Waals surface area contributed by atoms with E-state index >= 15 is 0 Å². The highest BCUT2D eigenvalue weighted by Gasteiger charge is 2.27. The Labute approximate surface area is 75.9 Å². The van der Waals surface area contributed by atoms with Crippen molar-refractivity contribution in [3.8, 4) is 0 Å². The maximum absolute atomic E-state index is 11.1. The average Bonchev–Trinajstić information content (AvgIpc) is 2.63. The Morgan fingerprint density at radius 3 is 2.62 bits per heavy atom. The Hall–Kier alpha value is -1.52. The van der Waals surface area contributed by atoms with Crippen LogP contribution in [0.3, 0.4) is 0 Å². The van der Waals surface area contributed by atoms with Gasteiger partial charge in [0.25, 0.3) is 0 Å². The molecule has 0 fully saturated rings. The molecule has 5 nitrogen and oxygen atoms in total. The highest BCUT2D eigenvalue weighted by atomic mass is 16.5. The van der Waals surface area contributed by atoms with Gasteiger partial charge in [0.2, 0.25) is 0 Å². The first-order chi connectivity index (χ1) is 6.20. The highest BCUT2D eigenvalue weighted by Crippen LogP contribution is 2.16. The summed E-state index contributed by atoms with van der Waals surface area (Å²) in [5.74, 6) is -0.511. The summed E-state index contributed by atoms with van der Waals surface area (Å²) in [6.07, 6.45) is 1.77. The summed E-state index contributed by atoms with van der Waals surface area (Å²) < 4.78 is 9.00. The summed E-state index contributed by atoms with van der Waals surface area (Å²) in [5.41, 5.74) is 0.259. The number of nitrogens with zero attached hydrogens (tertiary/aromatic N) is 1. The van der Waals surface area contributed by atoms with Crippen molar-refractivity contribution >= 4 is 12.1 Å².